The molecule has 190 valence electrons. The van der Waals surface area contributed by atoms with Crippen molar-refractivity contribution in [3.8, 4) is 5.75 Å². The number of pyridine rings is 1. The largest absolute Gasteiger partial charge is 0.493 e. The number of esters is 1. The SMILES string of the molecule is CCOC(=O)c1ccncc1NCCCOc1cccc(N2CCN(C(=O)OC(C)(C)C)CC2)c1. The van der Waals surface area contributed by atoms with E-state index in [0.717, 1.165) is 30.9 Å². The zero-order valence-corrected chi connectivity index (χ0v) is 21.1. The van der Waals surface area contributed by atoms with Crippen molar-refractivity contribution >= 4 is 23.4 Å². The van der Waals surface area contributed by atoms with Crippen molar-refractivity contribution < 1.29 is 23.8 Å². The van der Waals surface area contributed by atoms with Crippen molar-refractivity contribution in [3.05, 3.63) is 48.3 Å². The van der Waals surface area contributed by atoms with E-state index in [4.69, 9.17) is 14.2 Å². The van der Waals surface area contributed by atoms with Crippen LogP contribution in [0.1, 0.15) is 44.5 Å². The Labute approximate surface area is 207 Å². The number of nitrogens with zero attached hydrogens (tertiary/aromatic N) is 3. The molecule has 1 aliphatic rings. The summed E-state index contributed by atoms with van der Waals surface area (Å²) in [6.07, 6.45) is 3.68. The molecule has 0 radical (unpaired) electrons. The summed E-state index contributed by atoms with van der Waals surface area (Å²) in [6, 6.07) is 9.64. The van der Waals surface area contributed by atoms with Gasteiger partial charge in [-0.05, 0) is 52.3 Å². The lowest BCUT2D eigenvalue weighted by atomic mass is 10.2. The van der Waals surface area contributed by atoms with Crippen LogP contribution in [0.3, 0.4) is 0 Å². The maximum atomic E-state index is 12.3. The van der Waals surface area contributed by atoms with Crippen LogP contribution in [0.2, 0.25) is 0 Å². The summed E-state index contributed by atoms with van der Waals surface area (Å²) >= 11 is 0. The van der Waals surface area contributed by atoms with E-state index < -0.39 is 5.60 Å². The average Bonchev–Trinajstić information content (AvgIpc) is 2.83. The summed E-state index contributed by atoms with van der Waals surface area (Å²) in [7, 11) is 0. The van der Waals surface area contributed by atoms with E-state index in [0.29, 0.717) is 44.1 Å². The van der Waals surface area contributed by atoms with Gasteiger partial charge in [-0.15, -0.1) is 0 Å². The van der Waals surface area contributed by atoms with Crippen molar-refractivity contribution in [2.75, 3.05) is 56.2 Å². The third-order valence-corrected chi connectivity index (χ3v) is 5.34. The van der Waals surface area contributed by atoms with E-state index >= 15 is 0 Å². The predicted molar refractivity (Wildman–Crippen MR) is 135 cm³/mol. The summed E-state index contributed by atoms with van der Waals surface area (Å²) < 4.78 is 16.5. The van der Waals surface area contributed by atoms with Crippen LogP contribution in [-0.2, 0) is 9.47 Å². The third kappa shape index (κ3) is 8.05. The molecule has 1 amide bonds. The number of amides is 1. The first-order valence-corrected chi connectivity index (χ1v) is 12.1. The fourth-order valence-electron chi connectivity index (χ4n) is 3.65. The second-order valence-electron chi connectivity index (χ2n) is 9.22. The van der Waals surface area contributed by atoms with Gasteiger partial charge in [-0.2, -0.15) is 0 Å². The molecule has 0 spiro atoms. The zero-order chi connectivity index (χ0) is 25.3. The van der Waals surface area contributed by atoms with E-state index in [9.17, 15) is 9.59 Å². The topological polar surface area (TPSA) is 93.2 Å². The van der Waals surface area contributed by atoms with Gasteiger partial charge in [0.15, 0.2) is 0 Å². The van der Waals surface area contributed by atoms with Crippen LogP contribution in [0.25, 0.3) is 0 Å². The second-order valence-corrected chi connectivity index (χ2v) is 9.22. The van der Waals surface area contributed by atoms with Crippen LogP contribution in [-0.4, -0.2) is 73.5 Å². The molecule has 1 aliphatic heterocycles. The van der Waals surface area contributed by atoms with Crippen LogP contribution >= 0.6 is 0 Å². The molecule has 2 aromatic rings. The Morgan fingerprint density at radius 2 is 1.89 bits per heavy atom. The van der Waals surface area contributed by atoms with Crippen molar-refractivity contribution in [1.29, 1.82) is 0 Å². The molecular weight excluding hydrogens is 448 g/mol. The highest BCUT2D eigenvalue weighted by Crippen LogP contribution is 2.23. The van der Waals surface area contributed by atoms with Gasteiger partial charge >= 0.3 is 12.1 Å². The highest BCUT2D eigenvalue weighted by atomic mass is 16.6. The molecular formula is C26H36N4O5. The van der Waals surface area contributed by atoms with Crippen molar-refractivity contribution in [3.63, 3.8) is 0 Å². The molecule has 1 aromatic carbocycles. The normalized spacial score (nSPS) is 13.8. The van der Waals surface area contributed by atoms with Crippen LogP contribution in [0.5, 0.6) is 5.75 Å². The van der Waals surface area contributed by atoms with Crippen LogP contribution in [0.4, 0.5) is 16.2 Å². The van der Waals surface area contributed by atoms with Gasteiger partial charge in [-0.25, -0.2) is 9.59 Å². The van der Waals surface area contributed by atoms with Crippen molar-refractivity contribution in [2.45, 2.75) is 39.7 Å². The zero-order valence-electron chi connectivity index (χ0n) is 21.1. The lowest BCUT2D eigenvalue weighted by Crippen LogP contribution is -2.50. The molecule has 0 saturated carbocycles. The van der Waals surface area contributed by atoms with Gasteiger partial charge in [0.1, 0.15) is 11.4 Å². The lowest BCUT2D eigenvalue weighted by molar-refractivity contribution is 0.0240. The Kier molecular flexibility index (Phi) is 9.17. The van der Waals surface area contributed by atoms with Crippen molar-refractivity contribution in [1.82, 2.24) is 9.88 Å². The summed E-state index contributed by atoms with van der Waals surface area (Å²) in [6.45, 7) is 11.6. The molecule has 3 rings (SSSR count). The molecule has 1 aromatic heterocycles. The maximum absolute atomic E-state index is 12.3. The highest BCUT2D eigenvalue weighted by Gasteiger charge is 2.26. The number of anilines is 2. The Bertz CT molecular complexity index is 984. The van der Waals surface area contributed by atoms with Crippen LogP contribution in [0.15, 0.2) is 42.7 Å². The minimum atomic E-state index is -0.490. The molecule has 35 heavy (non-hydrogen) atoms. The molecule has 9 nitrogen and oxygen atoms in total. The molecule has 2 heterocycles. The summed E-state index contributed by atoms with van der Waals surface area (Å²) in [5.74, 6) is 0.433. The number of hydrogen-bond acceptors (Lipinski definition) is 8. The van der Waals surface area contributed by atoms with Gasteiger partial charge in [0.05, 0.1) is 30.7 Å². The number of piperazine rings is 1. The van der Waals surface area contributed by atoms with Gasteiger partial charge in [0.2, 0.25) is 0 Å². The van der Waals surface area contributed by atoms with Crippen molar-refractivity contribution in [2.24, 2.45) is 0 Å². The van der Waals surface area contributed by atoms with E-state index in [1.807, 2.05) is 39.0 Å². The van der Waals surface area contributed by atoms with Gasteiger partial charge in [-0.1, -0.05) is 6.07 Å². The minimum absolute atomic E-state index is 0.261. The Morgan fingerprint density at radius 3 is 2.60 bits per heavy atom. The average molecular weight is 485 g/mol. The molecule has 0 aliphatic carbocycles. The number of rotatable bonds is 9. The standard InChI is InChI=1S/C26H36N4O5/c1-5-33-24(31)22-10-12-27-19-23(22)28-11-7-17-34-21-9-6-8-20(18-21)29-13-15-30(16-14-29)25(32)35-26(2,3)4/h6,8-10,12,18-19,28H,5,7,11,13-17H2,1-4H3. The molecule has 0 atom stereocenters. The number of benzene rings is 1. The predicted octanol–water partition coefficient (Wildman–Crippen LogP) is 4.20. The van der Waals surface area contributed by atoms with Gasteiger partial charge in [0, 0.05) is 50.7 Å². The van der Waals surface area contributed by atoms with E-state index in [1.54, 1.807) is 30.3 Å². The van der Waals surface area contributed by atoms with E-state index in [2.05, 4.69) is 21.3 Å². The maximum Gasteiger partial charge on any atom is 0.410 e. The Morgan fingerprint density at radius 1 is 1.11 bits per heavy atom. The summed E-state index contributed by atoms with van der Waals surface area (Å²) in [4.78, 5) is 32.4. The molecule has 0 unspecified atom stereocenters. The smallest absolute Gasteiger partial charge is 0.410 e. The summed E-state index contributed by atoms with van der Waals surface area (Å²) in [5.41, 5.74) is 1.70. The molecule has 9 heteroatoms. The highest BCUT2D eigenvalue weighted by molar-refractivity contribution is 5.95. The fourth-order valence-corrected chi connectivity index (χ4v) is 3.65. The van der Waals surface area contributed by atoms with Crippen LogP contribution < -0.4 is 15.0 Å². The van der Waals surface area contributed by atoms with Gasteiger partial charge < -0.3 is 29.3 Å². The molecule has 1 saturated heterocycles. The Hall–Kier alpha value is -3.49. The molecule has 1 fully saturated rings. The minimum Gasteiger partial charge on any atom is -0.493 e. The number of nitrogens with one attached hydrogen (secondary N) is 1. The third-order valence-electron chi connectivity index (χ3n) is 5.34. The number of ether oxygens (including phenoxy) is 3. The molecule has 1 N–H and O–H groups in total. The first kappa shape index (κ1) is 26.1. The summed E-state index contributed by atoms with van der Waals surface area (Å²) in [5, 5.41) is 3.24. The van der Waals surface area contributed by atoms with Gasteiger partial charge in [-0.3, -0.25) is 4.98 Å². The number of carbonyl (C=O) groups excluding carboxylic acids is 2. The lowest BCUT2D eigenvalue weighted by Gasteiger charge is -2.36. The molecule has 0 bridgehead atoms. The Balaban J connectivity index is 1.43. The van der Waals surface area contributed by atoms with Crippen LogP contribution in [0, 0.1) is 0 Å². The quantitative estimate of drug-likeness (QED) is 0.418. The number of carbonyl (C=O) groups is 2. The fraction of sp³-hybridized carbons (Fsp3) is 0.500. The number of hydrogen-bond donors (Lipinski definition) is 1. The van der Waals surface area contributed by atoms with Gasteiger partial charge in [0.25, 0.3) is 0 Å². The number of aromatic nitrogens is 1. The van der Waals surface area contributed by atoms with E-state index in [-0.39, 0.29) is 12.1 Å². The monoisotopic (exact) mass is 484 g/mol. The van der Waals surface area contributed by atoms with E-state index in [1.165, 1.54) is 0 Å². The first-order valence-electron chi connectivity index (χ1n) is 12.1. The second kappa shape index (κ2) is 12.3. The first-order chi connectivity index (χ1) is 16.8.